The maximum absolute atomic E-state index is 11.7. The van der Waals surface area contributed by atoms with Gasteiger partial charge in [0.25, 0.3) is 0 Å². The highest BCUT2D eigenvalue weighted by atomic mass is 32.2. The van der Waals surface area contributed by atoms with Gasteiger partial charge in [0.15, 0.2) is 6.29 Å². The first-order valence-electron chi connectivity index (χ1n) is 12.8. The van der Waals surface area contributed by atoms with E-state index in [0.29, 0.717) is 17.3 Å². The second kappa shape index (κ2) is 14.1. The summed E-state index contributed by atoms with van der Waals surface area (Å²) in [7, 11) is 0. The molecule has 3 aromatic rings. The zero-order chi connectivity index (χ0) is 28.5. The van der Waals surface area contributed by atoms with Gasteiger partial charge in [-0.3, -0.25) is 0 Å². The van der Waals surface area contributed by atoms with E-state index in [1.807, 2.05) is 55.5 Å². The molecule has 1 aliphatic rings. The molecule has 1 aliphatic heterocycles. The number of aliphatic hydroxyl groups excluding tert-OH is 1. The summed E-state index contributed by atoms with van der Waals surface area (Å²) in [6.45, 7) is 5.96. The third kappa shape index (κ3) is 7.48. The highest BCUT2D eigenvalue weighted by Gasteiger charge is 2.38. The van der Waals surface area contributed by atoms with Crippen molar-refractivity contribution in [3.63, 3.8) is 0 Å². The zero-order valence-corrected chi connectivity index (χ0v) is 22.9. The Hall–Kier alpha value is -3.70. The van der Waals surface area contributed by atoms with E-state index >= 15 is 0 Å². The Kier molecular flexibility index (Phi) is 10.3. The van der Waals surface area contributed by atoms with Crippen molar-refractivity contribution in [2.45, 2.75) is 43.6 Å². The van der Waals surface area contributed by atoms with Crippen molar-refractivity contribution < 1.29 is 34.0 Å². The lowest BCUT2D eigenvalue weighted by atomic mass is 9.91. The molecule has 10 heteroatoms. The van der Waals surface area contributed by atoms with E-state index in [0.717, 1.165) is 22.3 Å². The Labute approximate surface area is 237 Å². The largest absolute Gasteiger partial charge is 0.478 e. The fourth-order valence-corrected chi connectivity index (χ4v) is 5.44. The van der Waals surface area contributed by atoms with Crippen LogP contribution in [0.2, 0.25) is 0 Å². The number of benzene rings is 2. The Balaban J connectivity index is 1.52. The number of rotatable bonds is 11. The number of hydrogen-bond donors (Lipinski definition) is 3. The smallest absolute Gasteiger partial charge is 0.407 e. The third-order valence-electron chi connectivity index (χ3n) is 6.53. The van der Waals surface area contributed by atoms with Crippen LogP contribution in [0.4, 0.5) is 4.79 Å². The molecule has 0 aliphatic carbocycles. The molecule has 0 spiro atoms. The Morgan fingerprint density at radius 1 is 1.07 bits per heavy atom. The topological polar surface area (TPSA) is 127 Å². The highest BCUT2D eigenvalue weighted by Crippen LogP contribution is 2.43. The molecule has 3 N–H and O–H groups in total. The minimum Gasteiger partial charge on any atom is -0.478 e. The van der Waals surface area contributed by atoms with Crippen molar-refractivity contribution in [1.82, 2.24) is 10.3 Å². The fraction of sp³-hybridized carbons (Fsp3) is 0.300. The molecule has 210 valence electrons. The van der Waals surface area contributed by atoms with Gasteiger partial charge in [-0.2, -0.15) is 0 Å². The fourth-order valence-electron chi connectivity index (χ4n) is 4.29. The van der Waals surface area contributed by atoms with Crippen LogP contribution < -0.4 is 5.32 Å². The molecular weight excluding hydrogens is 532 g/mol. The lowest BCUT2D eigenvalue weighted by Gasteiger charge is -2.41. The number of aliphatic hydroxyl groups is 1. The van der Waals surface area contributed by atoms with Crippen LogP contribution in [0.5, 0.6) is 0 Å². The van der Waals surface area contributed by atoms with Gasteiger partial charge in [0.2, 0.25) is 0 Å². The molecule has 1 amide bonds. The summed E-state index contributed by atoms with van der Waals surface area (Å²) in [4.78, 5) is 27.6. The van der Waals surface area contributed by atoms with Crippen LogP contribution in [0.15, 0.2) is 84.5 Å². The molecule has 1 saturated heterocycles. The molecule has 1 aromatic heterocycles. The summed E-state index contributed by atoms with van der Waals surface area (Å²) in [6, 6.07) is 18.3. The number of carbonyl (C=O) groups excluding carboxylic acids is 1. The Bertz CT molecular complexity index is 1300. The van der Waals surface area contributed by atoms with Gasteiger partial charge in [-0.25, -0.2) is 14.6 Å². The van der Waals surface area contributed by atoms with Crippen molar-refractivity contribution in [2.75, 3.05) is 12.4 Å². The maximum Gasteiger partial charge on any atom is 0.407 e. The van der Waals surface area contributed by atoms with E-state index in [4.69, 9.17) is 14.2 Å². The van der Waals surface area contributed by atoms with Crippen molar-refractivity contribution in [2.24, 2.45) is 5.92 Å². The predicted molar refractivity (Wildman–Crippen MR) is 150 cm³/mol. The number of aromatic nitrogens is 1. The lowest BCUT2D eigenvalue weighted by Crippen LogP contribution is -2.38. The monoisotopic (exact) mass is 564 g/mol. The van der Waals surface area contributed by atoms with E-state index < -0.39 is 18.4 Å². The van der Waals surface area contributed by atoms with Crippen LogP contribution in [-0.4, -0.2) is 45.7 Å². The Morgan fingerprint density at radius 2 is 1.77 bits per heavy atom. The summed E-state index contributed by atoms with van der Waals surface area (Å²) in [5.41, 5.74) is 3.60. The molecule has 0 saturated carbocycles. The molecule has 2 aromatic carbocycles. The number of nitrogens with one attached hydrogen (secondary N) is 1. The van der Waals surface area contributed by atoms with E-state index in [1.54, 1.807) is 12.3 Å². The summed E-state index contributed by atoms with van der Waals surface area (Å²) >= 11 is 1.34. The molecule has 2 heterocycles. The predicted octanol–water partition coefficient (Wildman–Crippen LogP) is 5.27. The number of carboxylic acids is 1. The molecule has 4 atom stereocenters. The maximum atomic E-state index is 11.7. The molecule has 0 bridgehead atoms. The van der Waals surface area contributed by atoms with Crippen LogP contribution in [0, 0.1) is 5.92 Å². The zero-order valence-electron chi connectivity index (χ0n) is 22.1. The van der Waals surface area contributed by atoms with Gasteiger partial charge in [-0.05, 0) is 28.8 Å². The number of alkyl carbamates (subject to hydrolysis) is 1. The standard InChI is InChI=1S/C30H32N2O7S/c1-3-15-37-30(36)32-16-20-6-12-23(13-7-20)29-38-25(18-40-27-24(28(34)35)5-4-14-31-27)19(2)26(39-29)22-10-8-21(17-33)9-11-22/h3-14,19,25-26,29,33H,1,15-18H2,2H3,(H,32,36)(H,34,35)/t19-,25+,26+,29+/m1/s1. The highest BCUT2D eigenvalue weighted by molar-refractivity contribution is 7.99. The van der Waals surface area contributed by atoms with Gasteiger partial charge in [-0.1, -0.05) is 68.1 Å². The van der Waals surface area contributed by atoms with Crippen molar-refractivity contribution in [3.8, 4) is 0 Å². The molecule has 40 heavy (non-hydrogen) atoms. The minimum atomic E-state index is -1.03. The van der Waals surface area contributed by atoms with Gasteiger partial charge >= 0.3 is 12.1 Å². The quantitative estimate of drug-likeness (QED) is 0.211. The van der Waals surface area contributed by atoms with Crippen LogP contribution >= 0.6 is 11.8 Å². The number of thioether (sulfide) groups is 1. The number of nitrogens with zero attached hydrogens (tertiary/aromatic N) is 1. The molecular formula is C30H32N2O7S. The van der Waals surface area contributed by atoms with Crippen molar-refractivity contribution in [1.29, 1.82) is 0 Å². The molecule has 9 nitrogen and oxygen atoms in total. The second-order valence-corrected chi connectivity index (χ2v) is 10.3. The van der Waals surface area contributed by atoms with Gasteiger partial charge in [0, 0.05) is 30.0 Å². The second-order valence-electron chi connectivity index (χ2n) is 9.28. The molecule has 1 fully saturated rings. The van der Waals surface area contributed by atoms with Gasteiger partial charge in [0.05, 0.1) is 24.4 Å². The average Bonchev–Trinajstić information content (AvgIpc) is 2.99. The summed E-state index contributed by atoms with van der Waals surface area (Å²) in [6.07, 6.45) is 1.29. The number of carboxylic acid groups (broad SMARTS) is 1. The minimum absolute atomic E-state index is 0.0461. The summed E-state index contributed by atoms with van der Waals surface area (Å²) in [5, 5.41) is 22.1. The Morgan fingerprint density at radius 3 is 2.45 bits per heavy atom. The first kappa shape index (κ1) is 29.3. The average molecular weight is 565 g/mol. The van der Waals surface area contributed by atoms with Gasteiger partial charge in [-0.15, -0.1) is 11.8 Å². The van der Waals surface area contributed by atoms with E-state index in [1.165, 1.54) is 23.9 Å². The molecule has 0 unspecified atom stereocenters. The van der Waals surface area contributed by atoms with Crippen LogP contribution in [0.1, 0.15) is 51.9 Å². The number of aromatic carboxylic acids is 1. The normalized spacial score (nSPS) is 20.4. The third-order valence-corrected chi connectivity index (χ3v) is 7.62. The first-order chi connectivity index (χ1) is 19.4. The van der Waals surface area contributed by atoms with E-state index in [-0.39, 0.29) is 36.9 Å². The number of ether oxygens (including phenoxy) is 3. The van der Waals surface area contributed by atoms with Crippen LogP contribution in [0.3, 0.4) is 0 Å². The van der Waals surface area contributed by atoms with Gasteiger partial charge in [0.1, 0.15) is 11.6 Å². The van der Waals surface area contributed by atoms with Crippen LogP contribution in [-0.2, 0) is 27.4 Å². The van der Waals surface area contributed by atoms with Crippen molar-refractivity contribution in [3.05, 3.63) is 107 Å². The SMILES string of the molecule is C=CCOC(=O)NCc1ccc([C@H]2O[C@@H](CSc3ncccc3C(=O)O)[C@@H](C)[C@@H](c3ccc(CO)cc3)O2)cc1. The molecule has 0 radical (unpaired) electrons. The number of pyridine rings is 1. The summed E-state index contributed by atoms with van der Waals surface area (Å²) in [5.74, 6) is -0.621. The number of hydrogen-bond acceptors (Lipinski definition) is 8. The number of carbonyl (C=O) groups is 2. The number of amides is 1. The molecule has 4 rings (SSSR count). The lowest BCUT2D eigenvalue weighted by molar-refractivity contribution is -0.268. The van der Waals surface area contributed by atoms with Crippen LogP contribution in [0.25, 0.3) is 0 Å². The van der Waals surface area contributed by atoms with Crippen molar-refractivity contribution >= 4 is 23.8 Å². The van der Waals surface area contributed by atoms with E-state index in [9.17, 15) is 19.8 Å². The van der Waals surface area contributed by atoms with Gasteiger partial charge < -0.3 is 29.7 Å². The van der Waals surface area contributed by atoms with E-state index in [2.05, 4.69) is 16.9 Å². The first-order valence-corrected chi connectivity index (χ1v) is 13.8. The summed E-state index contributed by atoms with van der Waals surface area (Å²) < 4.78 is 17.8.